The lowest BCUT2D eigenvalue weighted by molar-refractivity contribution is -0.167. The number of benzene rings is 2. The molecule has 0 spiro atoms. The first-order chi connectivity index (χ1) is 11.6. The second-order valence-corrected chi connectivity index (χ2v) is 5.24. The standard InChI is InChI=1S/C16H10N4O4/c21-14(8-9-5-6-12-13(7-9)18-19-17-12)24-20-15(22)10-3-1-2-4-11(10)16(20)23/h1-7H,8H2,(H,17,18,19). The van der Waals surface area contributed by atoms with E-state index < -0.39 is 17.8 Å². The summed E-state index contributed by atoms with van der Waals surface area (Å²) in [5.74, 6) is -2.00. The van der Waals surface area contributed by atoms with Crippen molar-refractivity contribution >= 4 is 28.8 Å². The topological polar surface area (TPSA) is 105 Å². The Morgan fingerprint density at radius 3 is 2.38 bits per heavy atom. The van der Waals surface area contributed by atoms with Crippen LogP contribution in [0.3, 0.4) is 0 Å². The number of hydrogen-bond acceptors (Lipinski definition) is 6. The molecule has 0 saturated heterocycles. The normalized spacial score (nSPS) is 13.4. The maximum Gasteiger partial charge on any atom is 0.337 e. The lowest BCUT2D eigenvalue weighted by atomic mass is 10.1. The molecule has 0 aliphatic carbocycles. The number of carbonyl (C=O) groups is 3. The number of aromatic amines is 1. The summed E-state index contributed by atoms with van der Waals surface area (Å²) in [6, 6.07) is 11.4. The van der Waals surface area contributed by atoms with Crippen molar-refractivity contribution < 1.29 is 19.2 Å². The molecule has 1 aliphatic heterocycles. The van der Waals surface area contributed by atoms with E-state index in [0.717, 1.165) is 0 Å². The summed E-state index contributed by atoms with van der Waals surface area (Å²) in [6.45, 7) is 0. The molecule has 2 heterocycles. The van der Waals surface area contributed by atoms with Gasteiger partial charge < -0.3 is 4.84 Å². The van der Waals surface area contributed by atoms with Crippen LogP contribution in [-0.2, 0) is 16.1 Å². The van der Waals surface area contributed by atoms with Crippen LogP contribution in [0.25, 0.3) is 11.0 Å². The number of nitrogens with one attached hydrogen (secondary N) is 1. The van der Waals surface area contributed by atoms with Crippen molar-refractivity contribution in [1.29, 1.82) is 0 Å². The van der Waals surface area contributed by atoms with Crippen molar-refractivity contribution in [3.8, 4) is 0 Å². The average Bonchev–Trinajstić information content (AvgIpc) is 3.14. The average molecular weight is 322 g/mol. The third kappa shape index (κ3) is 2.21. The Morgan fingerprint density at radius 2 is 1.67 bits per heavy atom. The highest BCUT2D eigenvalue weighted by Gasteiger charge is 2.38. The van der Waals surface area contributed by atoms with Gasteiger partial charge in [0.2, 0.25) is 0 Å². The van der Waals surface area contributed by atoms with Crippen LogP contribution in [0.15, 0.2) is 42.5 Å². The molecule has 24 heavy (non-hydrogen) atoms. The lowest BCUT2D eigenvalue weighted by Crippen LogP contribution is -2.33. The zero-order valence-corrected chi connectivity index (χ0v) is 12.2. The molecule has 2 aromatic carbocycles. The molecule has 0 atom stereocenters. The first-order valence-electron chi connectivity index (χ1n) is 7.11. The van der Waals surface area contributed by atoms with Gasteiger partial charge in [0.1, 0.15) is 11.0 Å². The Bertz CT molecular complexity index is 959. The second-order valence-electron chi connectivity index (χ2n) is 5.24. The van der Waals surface area contributed by atoms with E-state index in [2.05, 4.69) is 15.4 Å². The Morgan fingerprint density at radius 1 is 1.00 bits per heavy atom. The molecular formula is C16H10N4O4. The quantitative estimate of drug-likeness (QED) is 0.728. The molecule has 0 saturated carbocycles. The first-order valence-corrected chi connectivity index (χ1v) is 7.11. The number of fused-ring (bicyclic) bond motifs is 2. The summed E-state index contributed by atoms with van der Waals surface area (Å²) >= 11 is 0. The van der Waals surface area contributed by atoms with E-state index in [1.165, 1.54) is 12.1 Å². The number of aromatic nitrogens is 3. The van der Waals surface area contributed by atoms with Gasteiger partial charge in [-0.1, -0.05) is 23.3 Å². The zero-order chi connectivity index (χ0) is 16.7. The predicted molar refractivity (Wildman–Crippen MR) is 80.6 cm³/mol. The van der Waals surface area contributed by atoms with Crippen LogP contribution in [0.5, 0.6) is 0 Å². The SMILES string of the molecule is O=C(Cc1ccc2n[nH]nc2c1)ON1C(=O)c2ccccc2C1=O. The molecule has 8 nitrogen and oxygen atoms in total. The first kappa shape index (κ1) is 14.1. The summed E-state index contributed by atoms with van der Waals surface area (Å²) in [4.78, 5) is 41.3. The fourth-order valence-electron chi connectivity index (χ4n) is 2.55. The molecule has 118 valence electrons. The van der Waals surface area contributed by atoms with E-state index >= 15 is 0 Å². The van der Waals surface area contributed by atoms with Gasteiger partial charge in [-0.15, -0.1) is 0 Å². The number of carbonyl (C=O) groups excluding carboxylic acids is 3. The molecule has 0 radical (unpaired) electrons. The molecule has 0 fully saturated rings. The van der Waals surface area contributed by atoms with Crippen LogP contribution < -0.4 is 0 Å². The minimum Gasteiger partial charge on any atom is -0.329 e. The Labute approximate surface area is 135 Å². The van der Waals surface area contributed by atoms with Crippen LogP contribution >= 0.6 is 0 Å². The summed E-state index contributed by atoms with van der Waals surface area (Å²) in [5, 5.41) is 10.8. The molecule has 3 aromatic rings. The molecule has 2 amide bonds. The zero-order valence-electron chi connectivity index (χ0n) is 12.2. The minimum atomic E-state index is -0.715. The van der Waals surface area contributed by atoms with E-state index in [1.807, 2.05) is 0 Å². The van der Waals surface area contributed by atoms with E-state index in [-0.39, 0.29) is 17.5 Å². The molecule has 4 rings (SSSR count). The van der Waals surface area contributed by atoms with Gasteiger partial charge in [-0.05, 0) is 29.8 Å². The molecule has 1 aromatic heterocycles. The maximum atomic E-state index is 12.1. The number of nitrogens with zero attached hydrogens (tertiary/aromatic N) is 3. The van der Waals surface area contributed by atoms with Crippen molar-refractivity contribution in [3.63, 3.8) is 0 Å². The van der Waals surface area contributed by atoms with Gasteiger partial charge in [0, 0.05) is 0 Å². The molecule has 1 N–H and O–H groups in total. The molecule has 8 heteroatoms. The van der Waals surface area contributed by atoms with Gasteiger partial charge in [-0.3, -0.25) is 9.59 Å². The number of H-pyrrole nitrogens is 1. The van der Waals surface area contributed by atoms with E-state index in [1.54, 1.807) is 30.3 Å². The van der Waals surface area contributed by atoms with Crippen LogP contribution in [0, 0.1) is 0 Å². The largest absolute Gasteiger partial charge is 0.337 e. The van der Waals surface area contributed by atoms with E-state index in [0.29, 0.717) is 21.7 Å². The fraction of sp³-hybridized carbons (Fsp3) is 0.0625. The fourth-order valence-corrected chi connectivity index (χ4v) is 2.55. The van der Waals surface area contributed by atoms with Gasteiger partial charge in [0.25, 0.3) is 11.8 Å². The number of amides is 2. The Balaban J connectivity index is 1.50. The van der Waals surface area contributed by atoms with Crippen molar-refractivity contribution in [2.75, 3.05) is 0 Å². The minimum absolute atomic E-state index is 0.101. The van der Waals surface area contributed by atoms with Gasteiger partial charge >= 0.3 is 5.97 Å². The molecule has 1 aliphatic rings. The van der Waals surface area contributed by atoms with E-state index in [9.17, 15) is 14.4 Å². The highest BCUT2D eigenvalue weighted by Crippen LogP contribution is 2.23. The highest BCUT2D eigenvalue weighted by molar-refractivity contribution is 6.20. The number of rotatable bonds is 3. The molecule has 0 bridgehead atoms. The molecule has 0 unspecified atom stereocenters. The summed E-state index contributed by atoms with van der Waals surface area (Å²) in [7, 11) is 0. The summed E-state index contributed by atoms with van der Waals surface area (Å²) in [5.41, 5.74) is 2.37. The van der Waals surface area contributed by atoms with E-state index in [4.69, 9.17) is 4.84 Å². The number of hydroxylamine groups is 2. The third-order valence-electron chi connectivity index (χ3n) is 3.68. The predicted octanol–water partition coefficient (Wildman–Crippen LogP) is 1.25. The van der Waals surface area contributed by atoms with Crippen molar-refractivity contribution in [2.24, 2.45) is 0 Å². The smallest absolute Gasteiger partial charge is 0.329 e. The number of hydrogen-bond donors (Lipinski definition) is 1. The highest BCUT2D eigenvalue weighted by atomic mass is 16.7. The van der Waals surface area contributed by atoms with Crippen molar-refractivity contribution in [2.45, 2.75) is 6.42 Å². The van der Waals surface area contributed by atoms with Gasteiger partial charge in [0.05, 0.1) is 17.5 Å². The second kappa shape index (κ2) is 5.27. The monoisotopic (exact) mass is 322 g/mol. The van der Waals surface area contributed by atoms with Gasteiger partial charge in [-0.2, -0.15) is 15.4 Å². The van der Waals surface area contributed by atoms with Crippen LogP contribution in [-0.4, -0.2) is 38.3 Å². The maximum absolute atomic E-state index is 12.1. The molecular weight excluding hydrogens is 312 g/mol. The van der Waals surface area contributed by atoms with Crippen LogP contribution in [0.1, 0.15) is 26.3 Å². The van der Waals surface area contributed by atoms with Crippen molar-refractivity contribution in [3.05, 3.63) is 59.2 Å². The third-order valence-corrected chi connectivity index (χ3v) is 3.68. The van der Waals surface area contributed by atoms with Gasteiger partial charge in [-0.25, -0.2) is 4.79 Å². The van der Waals surface area contributed by atoms with Crippen molar-refractivity contribution in [1.82, 2.24) is 20.5 Å². The summed E-state index contributed by atoms with van der Waals surface area (Å²) < 4.78 is 0. The van der Waals surface area contributed by atoms with Gasteiger partial charge in [0.15, 0.2) is 0 Å². The Kier molecular flexibility index (Phi) is 3.09. The Hall–Kier alpha value is -3.55. The van der Waals surface area contributed by atoms with Crippen LogP contribution in [0.4, 0.5) is 0 Å². The van der Waals surface area contributed by atoms with Crippen LogP contribution in [0.2, 0.25) is 0 Å². The lowest BCUT2D eigenvalue weighted by Gasteiger charge is -2.12. The summed E-state index contributed by atoms with van der Waals surface area (Å²) in [6.07, 6.45) is -0.101. The number of imide groups is 1.